The topological polar surface area (TPSA) is 64.4 Å². The molecule has 2 rings (SSSR count). The number of hydrogen-bond acceptors (Lipinski definition) is 5. The lowest BCUT2D eigenvalue weighted by molar-refractivity contribution is -0.120. The van der Waals surface area contributed by atoms with E-state index in [1.54, 1.807) is 25.1 Å². The van der Waals surface area contributed by atoms with Crippen LogP contribution in [0.15, 0.2) is 34.9 Å². The number of thioether (sulfide) groups is 1. The number of aromatic nitrogens is 1. The van der Waals surface area contributed by atoms with Gasteiger partial charge in [-0.05, 0) is 37.1 Å². The molecule has 130 valence electrons. The average molecular weight is 348 g/mol. The first-order valence-electron chi connectivity index (χ1n) is 7.97. The van der Waals surface area contributed by atoms with Gasteiger partial charge in [0.1, 0.15) is 12.0 Å². The maximum Gasteiger partial charge on any atom is 0.232 e. The van der Waals surface area contributed by atoms with Crippen LogP contribution in [0.4, 0.5) is 0 Å². The molecule has 0 radical (unpaired) electrons. The van der Waals surface area contributed by atoms with Gasteiger partial charge in [0.2, 0.25) is 11.8 Å². The predicted molar refractivity (Wildman–Crippen MR) is 97.1 cm³/mol. The molecule has 6 heteroatoms. The number of benzene rings is 1. The van der Waals surface area contributed by atoms with E-state index in [0.29, 0.717) is 24.1 Å². The minimum atomic E-state index is -0.120. The summed E-state index contributed by atoms with van der Waals surface area (Å²) in [6, 6.07) is 7.55. The fourth-order valence-corrected chi connectivity index (χ4v) is 2.76. The second-order valence-electron chi connectivity index (χ2n) is 5.96. The van der Waals surface area contributed by atoms with Gasteiger partial charge in [-0.1, -0.05) is 13.8 Å². The highest BCUT2D eigenvalue weighted by Crippen LogP contribution is 2.24. The molecular weight excluding hydrogens is 324 g/mol. The minimum absolute atomic E-state index is 0.0626. The van der Waals surface area contributed by atoms with Crippen molar-refractivity contribution in [1.82, 2.24) is 10.3 Å². The summed E-state index contributed by atoms with van der Waals surface area (Å²) in [7, 11) is 1.63. The fourth-order valence-electron chi connectivity index (χ4n) is 1.97. The van der Waals surface area contributed by atoms with Crippen molar-refractivity contribution in [3.05, 3.63) is 36.2 Å². The molecule has 1 unspecified atom stereocenters. The largest absolute Gasteiger partial charge is 0.497 e. The van der Waals surface area contributed by atoms with Crippen LogP contribution in [0.1, 0.15) is 26.5 Å². The van der Waals surface area contributed by atoms with Gasteiger partial charge < -0.3 is 14.5 Å². The molecule has 5 nitrogen and oxygen atoms in total. The number of amides is 1. The molecule has 0 saturated heterocycles. The van der Waals surface area contributed by atoms with Gasteiger partial charge in [-0.2, -0.15) is 0 Å². The van der Waals surface area contributed by atoms with Crippen LogP contribution in [-0.2, 0) is 10.5 Å². The Morgan fingerprint density at radius 1 is 1.29 bits per heavy atom. The van der Waals surface area contributed by atoms with E-state index >= 15 is 0 Å². The Balaban J connectivity index is 1.88. The zero-order valence-electron chi connectivity index (χ0n) is 14.5. The normalized spacial score (nSPS) is 12.2. The maximum atomic E-state index is 12.0. The predicted octanol–water partition coefficient (Wildman–Crippen LogP) is 3.74. The van der Waals surface area contributed by atoms with E-state index in [0.717, 1.165) is 17.0 Å². The number of oxazole rings is 1. The molecule has 0 saturated carbocycles. The number of rotatable bonds is 8. The van der Waals surface area contributed by atoms with Crippen LogP contribution < -0.4 is 10.1 Å². The number of carbonyl (C=O) groups is 1. The fraction of sp³-hybridized carbons (Fsp3) is 0.444. The summed E-state index contributed by atoms with van der Waals surface area (Å²) in [5, 5.41) is 2.82. The van der Waals surface area contributed by atoms with Crippen molar-refractivity contribution >= 4 is 17.7 Å². The van der Waals surface area contributed by atoms with Gasteiger partial charge in [0, 0.05) is 17.9 Å². The van der Waals surface area contributed by atoms with Crippen LogP contribution >= 0.6 is 11.8 Å². The van der Waals surface area contributed by atoms with Crippen molar-refractivity contribution in [2.75, 3.05) is 13.7 Å². The molecule has 2 aromatic rings. The van der Waals surface area contributed by atoms with Crippen LogP contribution in [-0.4, -0.2) is 29.8 Å². The molecule has 1 N–H and O–H groups in total. The number of nitrogens with one attached hydrogen (secondary N) is 1. The van der Waals surface area contributed by atoms with Gasteiger partial charge >= 0.3 is 0 Å². The van der Waals surface area contributed by atoms with E-state index in [2.05, 4.69) is 24.1 Å². The maximum absolute atomic E-state index is 12.0. The van der Waals surface area contributed by atoms with E-state index in [9.17, 15) is 4.79 Å². The Morgan fingerprint density at radius 3 is 2.62 bits per heavy atom. The third kappa shape index (κ3) is 5.30. The quantitative estimate of drug-likeness (QED) is 0.787. The van der Waals surface area contributed by atoms with Crippen molar-refractivity contribution in [3.8, 4) is 17.2 Å². The molecule has 1 heterocycles. The molecule has 0 aliphatic heterocycles. The summed E-state index contributed by atoms with van der Waals surface area (Å²) in [5.74, 6) is 2.52. The van der Waals surface area contributed by atoms with Gasteiger partial charge in [-0.15, -0.1) is 11.8 Å². The van der Waals surface area contributed by atoms with E-state index < -0.39 is 0 Å². The van der Waals surface area contributed by atoms with E-state index in [1.807, 2.05) is 31.2 Å². The van der Waals surface area contributed by atoms with Crippen LogP contribution in [0, 0.1) is 5.92 Å². The minimum Gasteiger partial charge on any atom is -0.497 e. The standard InChI is InChI=1S/C18H24N2O3S/c1-12(2)9-19-17(21)13(3)24-11-15-10-23-18(20-15)14-5-7-16(22-4)8-6-14/h5-8,10,12-13H,9,11H2,1-4H3,(H,19,21). The van der Waals surface area contributed by atoms with Crippen molar-refractivity contribution in [1.29, 1.82) is 0 Å². The lowest BCUT2D eigenvalue weighted by Gasteiger charge is -2.12. The molecule has 1 aromatic carbocycles. The first-order valence-corrected chi connectivity index (χ1v) is 9.02. The molecule has 0 spiro atoms. The summed E-state index contributed by atoms with van der Waals surface area (Å²) >= 11 is 1.55. The Labute approximate surface area is 147 Å². The smallest absolute Gasteiger partial charge is 0.232 e. The number of nitrogens with zero attached hydrogens (tertiary/aromatic N) is 1. The van der Waals surface area contributed by atoms with Crippen molar-refractivity contribution in [2.45, 2.75) is 31.8 Å². The Bertz CT molecular complexity index is 653. The number of carbonyl (C=O) groups excluding carboxylic acids is 1. The van der Waals surface area contributed by atoms with Crippen LogP contribution in [0.5, 0.6) is 5.75 Å². The lowest BCUT2D eigenvalue weighted by atomic mass is 10.2. The Morgan fingerprint density at radius 2 is 2.00 bits per heavy atom. The highest BCUT2D eigenvalue weighted by atomic mass is 32.2. The molecule has 0 aliphatic carbocycles. The van der Waals surface area contributed by atoms with Gasteiger partial charge in [0.05, 0.1) is 18.1 Å². The van der Waals surface area contributed by atoms with E-state index in [4.69, 9.17) is 9.15 Å². The highest BCUT2D eigenvalue weighted by molar-refractivity contribution is 7.99. The number of methoxy groups -OCH3 is 1. The van der Waals surface area contributed by atoms with Crippen molar-refractivity contribution < 1.29 is 13.9 Å². The van der Waals surface area contributed by atoms with Crippen molar-refractivity contribution in [3.63, 3.8) is 0 Å². The second kappa shape index (κ2) is 8.78. The summed E-state index contributed by atoms with van der Waals surface area (Å²) in [4.78, 5) is 16.4. The average Bonchev–Trinajstić information content (AvgIpc) is 3.06. The van der Waals surface area contributed by atoms with Gasteiger partial charge in [-0.25, -0.2) is 4.98 Å². The third-order valence-corrected chi connectivity index (χ3v) is 4.60. The van der Waals surface area contributed by atoms with E-state index in [-0.39, 0.29) is 11.2 Å². The SMILES string of the molecule is COc1ccc(-c2nc(CSC(C)C(=O)NCC(C)C)co2)cc1. The van der Waals surface area contributed by atoms with Gasteiger partial charge in [0.15, 0.2) is 0 Å². The molecule has 1 amide bonds. The lowest BCUT2D eigenvalue weighted by Crippen LogP contribution is -2.33. The monoisotopic (exact) mass is 348 g/mol. The molecule has 0 aliphatic rings. The second-order valence-corrected chi connectivity index (χ2v) is 7.29. The Hall–Kier alpha value is -1.95. The number of hydrogen-bond donors (Lipinski definition) is 1. The van der Waals surface area contributed by atoms with Crippen molar-refractivity contribution in [2.24, 2.45) is 5.92 Å². The molecule has 24 heavy (non-hydrogen) atoms. The van der Waals surface area contributed by atoms with Crippen LogP contribution in [0.2, 0.25) is 0 Å². The molecule has 0 fully saturated rings. The summed E-state index contributed by atoms with van der Waals surface area (Å²) < 4.78 is 10.7. The molecule has 1 aromatic heterocycles. The summed E-state index contributed by atoms with van der Waals surface area (Å²) in [6.07, 6.45) is 1.64. The first-order chi connectivity index (χ1) is 11.5. The summed E-state index contributed by atoms with van der Waals surface area (Å²) in [5.41, 5.74) is 1.73. The molecular formula is C18H24N2O3S. The molecule has 1 atom stereocenters. The van der Waals surface area contributed by atoms with Crippen LogP contribution in [0.25, 0.3) is 11.5 Å². The zero-order chi connectivity index (χ0) is 17.5. The zero-order valence-corrected chi connectivity index (χ0v) is 15.4. The number of ether oxygens (including phenoxy) is 1. The van der Waals surface area contributed by atoms with E-state index in [1.165, 1.54) is 0 Å². The highest BCUT2D eigenvalue weighted by Gasteiger charge is 2.15. The van der Waals surface area contributed by atoms with Gasteiger partial charge in [-0.3, -0.25) is 4.79 Å². The summed E-state index contributed by atoms with van der Waals surface area (Å²) in [6.45, 7) is 6.77. The molecule has 0 bridgehead atoms. The van der Waals surface area contributed by atoms with Crippen LogP contribution in [0.3, 0.4) is 0 Å². The van der Waals surface area contributed by atoms with Gasteiger partial charge in [0.25, 0.3) is 0 Å². The third-order valence-electron chi connectivity index (χ3n) is 3.42. The Kier molecular flexibility index (Phi) is 6.73. The first kappa shape index (κ1) is 18.4.